The molecule has 0 unspecified atom stereocenters. The van der Waals surface area contributed by atoms with Gasteiger partial charge >= 0.3 is 5.97 Å². The van der Waals surface area contributed by atoms with Crippen LogP contribution in [-0.4, -0.2) is 11.6 Å². The standard InChI is InChI=1S/C12H18O2/c13-11-9-5-1-2-6-10(9)12(14-11)7-3-4-8-12/h9-10H,1-8H2/t9-,10-/m0/s1. The number of carbonyl (C=O) groups is 1. The van der Waals surface area contributed by atoms with E-state index in [4.69, 9.17) is 4.74 Å². The second-order valence-electron chi connectivity index (χ2n) is 5.19. The van der Waals surface area contributed by atoms with Crippen molar-refractivity contribution < 1.29 is 9.53 Å². The molecule has 1 heterocycles. The minimum Gasteiger partial charge on any atom is -0.459 e. The first-order valence-electron chi connectivity index (χ1n) is 6.05. The van der Waals surface area contributed by atoms with Crippen LogP contribution >= 0.6 is 0 Å². The third kappa shape index (κ3) is 1.06. The van der Waals surface area contributed by atoms with E-state index in [2.05, 4.69) is 0 Å². The van der Waals surface area contributed by atoms with Gasteiger partial charge in [-0.2, -0.15) is 0 Å². The summed E-state index contributed by atoms with van der Waals surface area (Å²) in [4.78, 5) is 11.7. The van der Waals surface area contributed by atoms with E-state index in [1.54, 1.807) is 0 Å². The zero-order chi connectivity index (χ0) is 9.60. The Morgan fingerprint density at radius 2 is 1.79 bits per heavy atom. The minimum atomic E-state index is 0.00215. The SMILES string of the molecule is O=C1OC2(CCCC2)[C@H]2CCCC[C@H]12. The van der Waals surface area contributed by atoms with E-state index in [-0.39, 0.29) is 17.5 Å². The number of esters is 1. The van der Waals surface area contributed by atoms with E-state index in [0.29, 0.717) is 5.92 Å². The van der Waals surface area contributed by atoms with Gasteiger partial charge in [0.2, 0.25) is 0 Å². The van der Waals surface area contributed by atoms with Crippen molar-refractivity contribution in [3.8, 4) is 0 Å². The van der Waals surface area contributed by atoms with Crippen LogP contribution in [0.3, 0.4) is 0 Å². The highest BCUT2D eigenvalue weighted by molar-refractivity contribution is 5.76. The summed E-state index contributed by atoms with van der Waals surface area (Å²) in [7, 11) is 0. The summed E-state index contributed by atoms with van der Waals surface area (Å²) < 4.78 is 5.72. The van der Waals surface area contributed by atoms with Crippen molar-refractivity contribution in [3.63, 3.8) is 0 Å². The molecule has 2 saturated carbocycles. The van der Waals surface area contributed by atoms with Crippen LogP contribution in [0.4, 0.5) is 0 Å². The first-order valence-corrected chi connectivity index (χ1v) is 6.05. The van der Waals surface area contributed by atoms with Crippen molar-refractivity contribution in [1.29, 1.82) is 0 Å². The lowest BCUT2D eigenvalue weighted by atomic mass is 9.72. The third-order valence-corrected chi connectivity index (χ3v) is 4.50. The summed E-state index contributed by atoms with van der Waals surface area (Å²) >= 11 is 0. The first kappa shape index (κ1) is 8.75. The van der Waals surface area contributed by atoms with Crippen LogP contribution in [0.2, 0.25) is 0 Å². The van der Waals surface area contributed by atoms with Gasteiger partial charge in [0.1, 0.15) is 5.60 Å². The smallest absolute Gasteiger partial charge is 0.309 e. The second-order valence-corrected chi connectivity index (χ2v) is 5.19. The average molecular weight is 194 g/mol. The Morgan fingerprint density at radius 1 is 1.07 bits per heavy atom. The van der Waals surface area contributed by atoms with Crippen molar-refractivity contribution in [3.05, 3.63) is 0 Å². The molecule has 0 aromatic rings. The van der Waals surface area contributed by atoms with Crippen molar-refractivity contribution >= 4 is 5.97 Å². The fourth-order valence-electron chi connectivity index (χ4n) is 3.84. The molecule has 0 aromatic heterocycles. The molecule has 2 atom stereocenters. The summed E-state index contributed by atoms with van der Waals surface area (Å²) in [5, 5.41) is 0. The molecular formula is C12H18O2. The Kier molecular flexibility index (Phi) is 1.86. The van der Waals surface area contributed by atoms with Crippen molar-refractivity contribution in [2.24, 2.45) is 11.8 Å². The van der Waals surface area contributed by atoms with Crippen LogP contribution in [0.1, 0.15) is 51.4 Å². The number of hydrogen-bond acceptors (Lipinski definition) is 2. The normalized spacial score (nSPS) is 39.9. The Labute approximate surface area is 85.0 Å². The number of carbonyl (C=O) groups excluding carboxylic acids is 1. The monoisotopic (exact) mass is 194 g/mol. The Hall–Kier alpha value is -0.530. The van der Waals surface area contributed by atoms with Crippen LogP contribution in [0.25, 0.3) is 0 Å². The predicted octanol–water partition coefficient (Wildman–Crippen LogP) is 2.66. The molecule has 1 aliphatic heterocycles. The molecule has 78 valence electrons. The van der Waals surface area contributed by atoms with Gasteiger partial charge in [-0.1, -0.05) is 12.8 Å². The molecule has 0 radical (unpaired) electrons. The van der Waals surface area contributed by atoms with E-state index in [9.17, 15) is 4.79 Å². The molecule has 0 N–H and O–H groups in total. The van der Waals surface area contributed by atoms with E-state index in [1.165, 1.54) is 32.1 Å². The molecule has 2 nitrogen and oxygen atoms in total. The molecule has 3 aliphatic rings. The predicted molar refractivity (Wildman–Crippen MR) is 52.7 cm³/mol. The number of rotatable bonds is 0. The average Bonchev–Trinajstić information content (AvgIpc) is 2.77. The van der Waals surface area contributed by atoms with Gasteiger partial charge in [0.25, 0.3) is 0 Å². The fraction of sp³-hybridized carbons (Fsp3) is 0.917. The van der Waals surface area contributed by atoms with Gasteiger partial charge in [-0.3, -0.25) is 4.79 Å². The second kappa shape index (κ2) is 2.98. The number of ether oxygens (including phenoxy) is 1. The molecule has 3 fully saturated rings. The van der Waals surface area contributed by atoms with Gasteiger partial charge in [0.15, 0.2) is 0 Å². The van der Waals surface area contributed by atoms with Crippen molar-refractivity contribution in [2.75, 3.05) is 0 Å². The first-order chi connectivity index (χ1) is 6.82. The van der Waals surface area contributed by atoms with Crippen LogP contribution in [0.15, 0.2) is 0 Å². The minimum absolute atomic E-state index is 0.00215. The molecule has 14 heavy (non-hydrogen) atoms. The summed E-state index contributed by atoms with van der Waals surface area (Å²) in [6.45, 7) is 0. The van der Waals surface area contributed by atoms with Crippen molar-refractivity contribution in [2.45, 2.75) is 57.0 Å². The fourth-order valence-corrected chi connectivity index (χ4v) is 3.84. The quantitative estimate of drug-likeness (QED) is 0.554. The van der Waals surface area contributed by atoms with Crippen LogP contribution < -0.4 is 0 Å². The van der Waals surface area contributed by atoms with Crippen LogP contribution in [0.5, 0.6) is 0 Å². The highest BCUT2D eigenvalue weighted by Crippen LogP contribution is 2.52. The summed E-state index contributed by atoms with van der Waals surface area (Å²) in [6.07, 6.45) is 9.65. The summed E-state index contributed by atoms with van der Waals surface area (Å²) in [5.41, 5.74) is 0.00215. The Balaban J connectivity index is 1.90. The van der Waals surface area contributed by atoms with E-state index >= 15 is 0 Å². The molecule has 1 spiro atoms. The van der Waals surface area contributed by atoms with E-state index in [1.807, 2.05) is 0 Å². The molecule has 2 heteroatoms. The lowest BCUT2D eigenvalue weighted by Gasteiger charge is -2.32. The molecule has 0 amide bonds. The van der Waals surface area contributed by atoms with Gasteiger partial charge < -0.3 is 4.74 Å². The van der Waals surface area contributed by atoms with Gasteiger partial charge in [0.05, 0.1) is 5.92 Å². The highest BCUT2D eigenvalue weighted by atomic mass is 16.6. The molecular weight excluding hydrogens is 176 g/mol. The number of fused-ring (bicyclic) bond motifs is 2. The lowest BCUT2D eigenvalue weighted by Crippen LogP contribution is -2.35. The summed E-state index contributed by atoms with van der Waals surface area (Å²) in [5.74, 6) is 0.963. The molecule has 3 rings (SSSR count). The maximum absolute atomic E-state index is 11.7. The van der Waals surface area contributed by atoms with Crippen molar-refractivity contribution in [1.82, 2.24) is 0 Å². The van der Waals surface area contributed by atoms with E-state index < -0.39 is 0 Å². The molecule has 0 aromatic carbocycles. The molecule has 1 saturated heterocycles. The molecule has 0 bridgehead atoms. The highest BCUT2D eigenvalue weighted by Gasteiger charge is 2.56. The maximum atomic E-state index is 11.7. The molecule has 2 aliphatic carbocycles. The largest absolute Gasteiger partial charge is 0.459 e. The van der Waals surface area contributed by atoms with E-state index in [0.717, 1.165) is 19.3 Å². The Morgan fingerprint density at radius 3 is 2.57 bits per heavy atom. The van der Waals surface area contributed by atoms with Gasteiger partial charge in [-0.05, 0) is 38.5 Å². The summed E-state index contributed by atoms with van der Waals surface area (Å²) in [6, 6.07) is 0. The lowest BCUT2D eigenvalue weighted by molar-refractivity contribution is -0.150. The van der Waals surface area contributed by atoms with Gasteiger partial charge in [0, 0.05) is 5.92 Å². The Bertz CT molecular complexity index is 253. The van der Waals surface area contributed by atoms with Crippen LogP contribution in [0, 0.1) is 11.8 Å². The third-order valence-electron chi connectivity index (χ3n) is 4.50. The van der Waals surface area contributed by atoms with Gasteiger partial charge in [-0.25, -0.2) is 0 Å². The topological polar surface area (TPSA) is 26.3 Å². The van der Waals surface area contributed by atoms with Gasteiger partial charge in [-0.15, -0.1) is 0 Å². The van der Waals surface area contributed by atoms with Crippen LogP contribution in [-0.2, 0) is 9.53 Å². The maximum Gasteiger partial charge on any atom is 0.309 e. The zero-order valence-corrected chi connectivity index (χ0v) is 8.63. The zero-order valence-electron chi connectivity index (χ0n) is 8.63. The number of hydrogen-bond donors (Lipinski definition) is 0.